The summed E-state index contributed by atoms with van der Waals surface area (Å²) in [7, 11) is 0. The minimum Gasteiger partial charge on any atom is -0.404 e. The van der Waals surface area contributed by atoms with Crippen LogP contribution in [0.3, 0.4) is 0 Å². The molecule has 1 aromatic heterocycles. The van der Waals surface area contributed by atoms with Crippen LogP contribution in [0.2, 0.25) is 0 Å². The van der Waals surface area contributed by atoms with Crippen molar-refractivity contribution in [2.45, 2.75) is 6.36 Å². The Labute approximate surface area is 86.3 Å². The predicted octanol–water partition coefficient (Wildman–Crippen LogP) is 2.78. The number of rotatable bonds is 1. The zero-order valence-electron chi connectivity index (χ0n) is 7.21. The normalized spacial score (nSPS) is 11.9. The van der Waals surface area contributed by atoms with Crippen molar-refractivity contribution < 1.29 is 17.9 Å². The number of benzene rings is 1. The van der Waals surface area contributed by atoms with Crippen LogP contribution in [0.1, 0.15) is 0 Å². The van der Waals surface area contributed by atoms with Gasteiger partial charge in [0.2, 0.25) is 0 Å². The number of hydrogen-bond acceptors (Lipinski definition) is 4. The summed E-state index contributed by atoms with van der Waals surface area (Å²) in [5.41, 5.74) is 5.80. The van der Waals surface area contributed by atoms with Crippen LogP contribution < -0.4 is 10.5 Å². The number of hydrogen-bond donors (Lipinski definition) is 1. The van der Waals surface area contributed by atoms with E-state index in [1.165, 1.54) is 12.1 Å². The summed E-state index contributed by atoms with van der Waals surface area (Å²) in [6, 6.07) is 4.24. The third-order valence-electron chi connectivity index (χ3n) is 1.62. The maximum atomic E-state index is 12.0. The number of nitrogen functional groups attached to an aromatic ring is 1. The van der Waals surface area contributed by atoms with Crippen LogP contribution in [0.25, 0.3) is 10.2 Å². The van der Waals surface area contributed by atoms with Gasteiger partial charge in [-0.25, -0.2) is 4.98 Å². The van der Waals surface area contributed by atoms with Gasteiger partial charge in [-0.15, -0.1) is 13.2 Å². The van der Waals surface area contributed by atoms with Crippen LogP contribution in [0.4, 0.5) is 18.3 Å². The zero-order valence-corrected chi connectivity index (χ0v) is 8.02. The van der Waals surface area contributed by atoms with E-state index in [1.807, 2.05) is 0 Å². The van der Waals surface area contributed by atoms with E-state index in [9.17, 15) is 13.2 Å². The number of anilines is 1. The van der Waals surface area contributed by atoms with Gasteiger partial charge in [0.05, 0.1) is 10.2 Å². The Kier molecular flexibility index (Phi) is 2.18. The lowest BCUT2D eigenvalue weighted by Gasteiger charge is -2.08. The largest absolute Gasteiger partial charge is 0.573 e. The first-order chi connectivity index (χ1) is 6.96. The molecule has 0 radical (unpaired) electrons. The van der Waals surface area contributed by atoms with Crippen LogP contribution in [-0.2, 0) is 0 Å². The molecular formula is C8H5F3N2OS. The number of aromatic nitrogens is 1. The molecule has 3 nitrogen and oxygen atoms in total. The van der Waals surface area contributed by atoms with Crippen molar-refractivity contribution in [3.8, 4) is 5.75 Å². The molecule has 2 rings (SSSR count). The van der Waals surface area contributed by atoms with Crippen molar-refractivity contribution in [1.82, 2.24) is 4.98 Å². The lowest BCUT2D eigenvalue weighted by atomic mass is 10.3. The number of fused-ring (bicyclic) bond motifs is 1. The smallest absolute Gasteiger partial charge is 0.404 e. The Hall–Kier alpha value is -1.50. The number of ether oxygens (including phenoxy) is 1. The van der Waals surface area contributed by atoms with Gasteiger partial charge in [0.15, 0.2) is 5.13 Å². The van der Waals surface area contributed by atoms with Gasteiger partial charge < -0.3 is 10.5 Å². The molecule has 0 atom stereocenters. The second kappa shape index (κ2) is 3.27. The number of nitrogens with two attached hydrogens (primary N) is 1. The van der Waals surface area contributed by atoms with E-state index in [0.29, 0.717) is 10.2 Å². The van der Waals surface area contributed by atoms with Gasteiger partial charge in [-0.1, -0.05) is 17.4 Å². The average Bonchev–Trinajstić information content (AvgIpc) is 2.43. The van der Waals surface area contributed by atoms with Gasteiger partial charge in [-0.05, 0) is 12.1 Å². The molecule has 0 unspecified atom stereocenters. The minimum atomic E-state index is -4.70. The fourth-order valence-corrected chi connectivity index (χ4v) is 1.93. The molecule has 1 aromatic carbocycles. The molecular weight excluding hydrogens is 229 g/mol. The number of thiazole rings is 1. The van der Waals surface area contributed by atoms with Crippen molar-refractivity contribution in [2.75, 3.05) is 5.73 Å². The molecule has 0 amide bonds. The SMILES string of the molecule is Nc1nc2cccc(OC(F)(F)F)c2s1. The Bertz CT molecular complexity index is 494. The van der Waals surface area contributed by atoms with E-state index in [4.69, 9.17) is 5.73 Å². The fourth-order valence-electron chi connectivity index (χ4n) is 1.15. The summed E-state index contributed by atoms with van der Waals surface area (Å²) in [6.07, 6.45) is -4.70. The number of alkyl halides is 3. The van der Waals surface area contributed by atoms with E-state index >= 15 is 0 Å². The average molecular weight is 234 g/mol. The molecule has 0 saturated heterocycles. The van der Waals surface area contributed by atoms with Gasteiger partial charge in [0.1, 0.15) is 5.75 Å². The van der Waals surface area contributed by atoms with Crippen LogP contribution >= 0.6 is 11.3 Å². The third-order valence-corrected chi connectivity index (χ3v) is 2.54. The maximum Gasteiger partial charge on any atom is 0.573 e. The van der Waals surface area contributed by atoms with E-state index < -0.39 is 6.36 Å². The van der Waals surface area contributed by atoms with E-state index in [1.54, 1.807) is 6.07 Å². The standard InChI is InChI=1S/C8H5F3N2OS/c9-8(10,11)14-5-3-1-2-4-6(5)15-7(12)13-4/h1-3H,(H2,12,13). The first-order valence-corrected chi connectivity index (χ1v) is 4.68. The highest BCUT2D eigenvalue weighted by Gasteiger charge is 2.32. The van der Waals surface area contributed by atoms with Gasteiger partial charge in [-0.3, -0.25) is 0 Å². The minimum absolute atomic E-state index is 0.211. The van der Waals surface area contributed by atoms with Crippen LogP contribution in [0.5, 0.6) is 5.75 Å². The molecule has 0 aliphatic rings. The maximum absolute atomic E-state index is 12.0. The van der Waals surface area contributed by atoms with E-state index in [2.05, 4.69) is 9.72 Å². The number of nitrogens with zero attached hydrogens (tertiary/aromatic N) is 1. The highest BCUT2D eigenvalue weighted by atomic mass is 32.1. The topological polar surface area (TPSA) is 48.1 Å². The second-order valence-corrected chi connectivity index (χ2v) is 3.73. The lowest BCUT2D eigenvalue weighted by molar-refractivity contribution is -0.274. The third kappa shape index (κ3) is 2.12. The summed E-state index contributed by atoms with van der Waals surface area (Å²) in [5.74, 6) is -0.269. The zero-order chi connectivity index (χ0) is 11.1. The lowest BCUT2D eigenvalue weighted by Crippen LogP contribution is -2.17. The first kappa shape index (κ1) is 10.0. The Balaban J connectivity index is 2.51. The van der Waals surface area contributed by atoms with Gasteiger partial charge in [-0.2, -0.15) is 0 Å². The molecule has 15 heavy (non-hydrogen) atoms. The molecule has 0 bridgehead atoms. The molecule has 80 valence electrons. The van der Waals surface area contributed by atoms with E-state index in [-0.39, 0.29) is 10.9 Å². The summed E-state index contributed by atoms with van der Waals surface area (Å²) in [6.45, 7) is 0. The van der Waals surface area contributed by atoms with Crippen molar-refractivity contribution >= 4 is 26.7 Å². The summed E-state index contributed by atoms with van der Waals surface area (Å²) in [5, 5.41) is 0.211. The summed E-state index contributed by atoms with van der Waals surface area (Å²) >= 11 is 0.961. The van der Waals surface area contributed by atoms with Crippen molar-refractivity contribution in [3.63, 3.8) is 0 Å². The quantitative estimate of drug-likeness (QED) is 0.825. The fraction of sp³-hybridized carbons (Fsp3) is 0.125. The summed E-state index contributed by atoms with van der Waals surface area (Å²) in [4.78, 5) is 3.85. The van der Waals surface area contributed by atoms with Gasteiger partial charge in [0.25, 0.3) is 0 Å². The molecule has 0 fully saturated rings. The second-order valence-electron chi connectivity index (χ2n) is 2.70. The van der Waals surface area contributed by atoms with Gasteiger partial charge >= 0.3 is 6.36 Å². The monoisotopic (exact) mass is 234 g/mol. The van der Waals surface area contributed by atoms with Crippen LogP contribution in [-0.4, -0.2) is 11.3 Å². The Morgan fingerprint density at radius 1 is 1.33 bits per heavy atom. The molecule has 0 aliphatic heterocycles. The Morgan fingerprint density at radius 3 is 2.73 bits per heavy atom. The molecule has 0 aliphatic carbocycles. The highest BCUT2D eigenvalue weighted by molar-refractivity contribution is 7.22. The Morgan fingerprint density at radius 2 is 2.07 bits per heavy atom. The molecule has 1 heterocycles. The first-order valence-electron chi connectivity index (χ1n) is 3.86. The van der Waals surface area contributed by atoms with Crippen LogP contribution in [0, 0.1) is 0 Å². The summed E-state index contributed by atoms with van der Waals surface area (Å²) < 4.78 is 40.2. The van der Waals surface area contributed by atoms with Crippen LogP contribution in [0.15, 0.2) is 18.2 Å². The predicted molar refractivity (Wildman–Crippen MR) is 50.7 cm³/mol. The van der Waals surface area contributed by atoms with Crippen molar-refractivity contribution in [3.05, 3.63) is 18.2 Å². The molecule has 7 heteroatoms. The van der Waals surface area contributed by atoms with Crippen molar-refractivity contribution in [2.24, 2.45) is 0 Å². The molecule has 2 aromatic rings. The van der Waals surface area contributed by atoms with Crippen molar-refractivity contribution in [1.29, 1.82) is 0 Å². The molecule has 0 spiro atoms. The molecule has 0 saturated carbocycles. The highest BCUT2D eigenvalue weighted by Crippen LogP contribution is 2.35. The number of halogens is 3. The van der Waals surface area contributed by atoms with Gasteiger partial charge in [0, 0.05) is 0 Å². The van der Waals surface area contributed by atoms with E-state index in [0.717, 1.165) is 11.3 Å². The molecule has 2 N–H and O–H groups in total.